The van der Waals surface area contributed by atoms with Crippen LogP contribution in [0.15, 0.2) is 76.4 Å². The van der Waals surface area contributed by atoms with Crippen molar-refractivity contribution in [2.45, 2.75) is 76.3 Å². The average Bonchev–Trinajstić information content (AvgIpc) is 3.74. The lowest BCUT2D eigenvalue weighted by Gasteiger charge is -2.35. The summed E-state index contributed by atoms with van der Waals surface area (Å²) >= 11 is 11.0. The minimum Gasteiger partial charge on any atom is -0.279 e. The number of nitrogens with zero attached hydrogens (tertiary/aromatic N) is 5. The Balaban J connectivity index is 1.34. The van der Waals surface area contributed by atoms with Gasteiger partial charge in [0.05, 0.1) is 22.7 Å². The van der Waals surface area contributed by atoms with Gasteiger partial charge in [-0.2, -0.15) is 0 Å². The van der Waals surface area contributed by atoms with Gasteiger partial charge in [-0.05, 0) is 65.9 Å². The van der Waals surface area contributed by atoms with E-state index in [1.807, 2.05) is 0 Å². The number of fused-ring (bicyclic) bond motifs is 1. The number of anilines is 1. The molecule has 2 aliphatic rings. The van der Waals surface area contributed by atoms with Gasteiger partial charge in [0.1, 0.15) is 0 Å². The monoisotopic (exact) mass is 631 g/mol. The van der Waals surface area contributed by atoms with Crippen LogP contribution in [0.4, 0.5) is 5.13 Å². The standard InChI is InChI=1S/C32H35N6S4/c39-31-37(27(21-40-31)23-13-5-1-6-14-23)34-29(33-25-17-9-3-10-18-25)36(26-19-11-4-12-20-26)30-35-38-28(22-41-32(38)42-30)24-15-7-2-8-16-24/h1-2,5-8,13-16,21-22,25-26H,3-4,9-12,17-20H2,(H,33,34)/q+1. The summed E-state index contributed by atoms with van der Waals surface area (Å²) in [6.45, 7) is 0. The summed E-state index contributed by atoms with van der Waals surface area (Å²) in [4.78, 5) is 7.93. The van der Waals surface area contributed by atoms with Gasteiger partial charge in [0, 0.05) is 22.1 Å². The normalized spacial score (nSPS) is 17.1. The number of aliphatic imine (C=N–C) groups is 1. The Kier molecular flexibility index (Phi) is 8.47. The van der Waals surface area contributed by atoms with Gasteiger partial charge in [-0.1, -0.05) is 98.4 Å². The minimum absolute atomic E-state index is 0.300. The van der Waals surface area contributed by atoms with Crippen molar-refractivity contribution >= 4 is 61.5 Å². The van der Waals surface area contributed by atoms with Crippen LogP contribution in [0.2, 0.25) is 0 Å². The molecule has 0 aliphatic heterocycles. The van der Waals surface area contributed by atoms with Crippen molar-refractivity contribution in [3.8, 4) is 22.5 Å². The molecule has 10 heteroatoms. The minimum atomic E-state index is 0.300. The first-order chi connectivity index (χ1) is 20.7. The van der Waals surface area contributed by atoms with E-state index in [-0.39, 0.29) is 0 Å². The maximum absolute atomic E-state index is 5.90. The predicted octanol–water partition coefficient (Wildman–Crippen LogP) is 8.94. The zero-order valence-electron chi connectivity index (χ0n) is 23.5. The van der Waals surface area contributed by atoms with Gasteiger partial charge in [-0.25, -0.2) is 9.67 Å². The van der Waals surface area contributed by atoms with Crippen LogP contribution >= 0.6 is 46.2 Å². The molecule has 0 unspecified atom stereocenters. The van der Waals surface area contributed by atoms with Crippen LogP contribution in [0.5, 0.6) is 0 Å². The molecule has 5 aromatic rings. The van der Waals surface area contributed by atoms with E-state index in [0.29, 0.717) is 12.1 Å². The van der Waals surface area contributed by atoms with E-state index >= 15 is 0 Å². The molecule has 2 aliphatic carbocycles. The first kappa shape index (κ1) is 27.9. The Morgan fingerprint density at radius 3 is 2.24 bits per heavy atom. The molecule has 6 nitrogen and oxygen atoms in total. The van der Waals surface area contributed by atoms with Gasteiger partial charge < -0.3 is 0 Å². The molecule has 2 fully saturated rings. The molecule has 1 N–H and O–H groups in total. The fourth-order valence-corrected chi connectivity index (χ4v) is 9.23. The van der Waals surface area contributed by atoms with Crippen LogP contribution in [-0.4, -0.2) is 27.8 Å². The molecule has 0 atom stereocenters. The maximum Gasteiger partial charge on any atom is 0.354 e. The maximum atomic E-state index is 5.90. The Bertz CT molecular complexity index is 1710. The van der Waals surface area contributed by atoms with Crippen molar-refractivity contribution in [3.63, 3.8) is 0 Å². The Hall–Kier alpha value is -2.92. The molecule has 2 aromatic carbocycles. The molecule has 216 valence electrons. The molecule has 7 rings (SSSR count). The Morgan fingerprint density at radius 1 is 0.857 bits per heavy atom. The summed E-state index contributed by atoms with van der Waals surface area (Å²) in [7, 11) is 0. The molecule has 3 heterocycles. The summed E-state index contributed by atoms with van der Waals surface area (Å²) in [5.41, 5.74) is 8.29. The van der Waals surface area contributed by atoms with Crippen LogP contribution < -0.4 is 14.8 Å². The van der Waals surface area contributed by atoms with E-state index in [2.05, 4.69) is 90.9 Å². The molecule has 0 saturated heterocycles. The van der Waals surface area contributed by atoms with Crippen LogP contribution in [0.25, 0.3) is 26.7 Å². The summed E-state index contributed by atoms with van der Waals surface area (Å²) in [6, 6.07) is 21.7. The zero-order chi connectivity index (χ0) is 28.3. The first-order valence-corrected chi connectivity index (χ1v) is 18.0. The molecule has 0 radical (unpaired) electrons. The molecule has 0 amide bonds. The van der Waals surface area contributed by atoms with Crippen LogP contribution in [0.3, 0.4) is 0 Å². The molecule has 0 spiro atoms. The van der Waals surface area contributed by atoms with Crippen molar-refractivity contribution in [3.05, 3.63) is 75.4 Å². The molecule has 3 aromatic heterocycles. The van der Waals surface area contributed by atoms with Crippen molar-refractivity contribution in [2.24, 2.45) is 4.99 Å². The SMILES string of the molecule is S=c1scc(-c2ccccc2)n1NC(=NC1CCCCC1)N(c1n[n+]2c(-c3ccccc3)csc2s1)C1CCCCC1. The van der Waals surface area contributed by atoms with Crippen molar-refractivity contribution in [2.75, 3.05) is 10.3 Å². The fourth-order valence-electron chi connectivity index (χ4n) is 6.16. The average molecular weight is 632 g/mol. The Morgan fingerprint density at radius 2 is 1.52 bits per heavy atom. The van der Waals surface area contributed by atoms with Crippen molar-refractivity contribution in [1.82, 2.24) is 9.77 Å². The zero-order valence-corrected chi connectivity index (χ0v) is 26.8. The van der Waals surface area contributed by atoms with Gasteiger partial charge in [0.25, 0.3) is 10.8 Å². The van der Waals surface area contributed by atoms with Crippen molar-refractivity contribution in [1.29, 1.82) is 0 Å². The lowest BCUT2D eigenvalue weighted by molar-refractivity contribution is -0.559. The third-order valence-electron chi connectivity index (χ3n) is 8.34. The van der Waals surface area contributed by atoms with E-state index in [4.69, 9.17) is 22.3 Å². The molecule has 42 heavy (non-hydrogen) atoms. The predicted molar refractivity (Wildman–Crippen MR) is 180 cm³/mol. The number of hydrogen-bond donors (Lipinski definition) is 1. The highest BCUT2D eigenvalue weighted by atomic mass is 32.2. The summed E-state index contributed by atoms with van der Waals surface area (Å²) in [6.07, 6.45) is 12.1. The lowest BCUT2D eigenvalue weighted by Crippen LogP contribution is -2.48. The second kappa shape index (κ2) is 12.8. The van der Waals surface area contributed by atoms with Crippen LogP contribution in [-0.2, 0) is 0 Å². The second-order valence-corrected chi connectivity index (χ2v) is 14.7. The van der Waals surface area contributed by atoms with Gasteiger partial charge in [0.2, 0.25) is 5.96 Å². The topological polar surface area (TPSA) is 49.6 Å². The van der Waals surface area contributed by atoms with Crippen LogP contribution in [0.1, 0.15) is 64.2 Å². The van der Waals surface area contributed by atoms with E-state index in [1.54, 1.807) is 34.0 Å². The van der Waals surface area contributed by atoms with E-state index in [9.17, 15) is 0 Å². The Labute approximate surface area is 264 Å². The first-order valence-electron chi connectivity index (χ1n) is 15.0. The van der Waals surface area contributed by atoms with Gasteiger partial charge in [-0.3, -0.25) is 10.3 Å². The third-order valence-corrected chi connectivity index (χ3v) is 11.6. The highest BCUT2D eigenvalue weighted by Crippen LogP contribution is 2.34. The highest BCUT2D eigenvalue weighted by Gasteiger charge is 2.34. The fraction of sp³-hybridized carbons (Fsp3) is 0.375. The quantitative estimate of drug-likeness (QED) is 0.0880. The third kappa shape index (κ3) is 5.82. The number of aromatic nitrogens is 3. The van der Waals surface area contributed by atoms with Gasteiger partial charge in [-0.15, -0.1) is 11.3 Å². The number of hydrogen-bond acceptors (Lipinski definition) is 6. The van der Waals surface area contributed by atoms with Crippen molar-refractivity contribution < 1.29 is 4.52 Å². The molecular weight excluding hydrogens is 597 g/mol. The molecule has 0 bridgehead atoms. The molecular formula is C32H35N6S4+. The second-order valence-electron chi connectivity index (χ2n) is 11.2. The summed E-state index contributed by atoms with van der Waals surface area (Å²) in [5.74, 6) is 0.878. The van der Waals surface area contributed by atoms with E-state index in [0.717, 1.165) is 57.7 Å². The van der Waals surface area contributed by atoms with Gasteiger partial charge in [0.15, 0.2) is 3.95 Å². The number of benzene rings is 2. The van der Waals surface area contributed by atoms with Gasteiger partial charge >= 0.3 is 4.14 Å². The molecule has 2 saturated carbocycles. The summed E-state index contributed by atoms with van der Waals surface area (Å²) < 4.78 is 6.15. The highest BCUT2D eigenvalue weighted by molar-refractivity contribution is 7.73. The van der Waals surface area contributed by atoms with E-state index < -0.39 is 0 Å². The summed E-state index contributed by atoms with van der Waals surface area (Å²) in [5, 5.41) is 10.7. The number of rotatable bonds is 6. The number of thiazole rings is 2. The lowest BCUT2D eigenvalue weighted by atomic mass is 9.94. The smallest absolute Gasteiger partial charge is 0.279 e. The number of guanidine groups is 1. The largest absolute Gasteiger partial charge is 0.354 e. The van der Waals surface area contributed by atoms with E-state index in [1.165, 1.54) is 48.2 Å². The van der Waals surface area contributed by atoms with Crippen LogP contribution in [0, 0.1) is 3.95 Å². The number of nitrogens with one attached hydrogen (secondary N) is 1.